The molecule has 1 aromatic carbocycles. The molecule has 1 fully saturated rings. The highest BCUT2D eigenvalue weighted by Crippen LogP contribution is 2.30. The molecule has 1 atom stereocenters. The monoisotopic (exact) mass is 331 g/mol. The van der Waals surface area contributed by atoms with E-state index in [2.05, 4.69) is 0 Å². The van der Waals surface area contributed by atoms with Crippen LogP contribution in [0.5, 0.6) is 5.75 Å². The zero-order chi connectivity index (χ0) is 15.5. The van der Waals surface area contributed by atoms with Crippen molar-refractivity contribution in [2.24, 2.45) is 0 Å². The highest BCUT2D eigenvalue weighted by molar-refractivity contribution is 8.01. The molecule has 0 amide bonds. The van der Waals surface area contributed by atoms with Gasteiger partial charge in [0.1, 0.15) is 5.75 Å². The first kappa shape index (κ1) is 16.1. The van der Waals surface area contributed by atoms with Crippen LogP contribution in [0.15, 0.2) is 29.2 Å². The number of methoxy groups -OCH3 is 2. The van der Waals surface area contributed by atoms with E-state index in [1.54, 1.807) is 12.1 Å². The Kier molecular flexibility index (Phi) is 5.13. The molecule has 6 nitrogen and oxygen atoms in total. The Bertz CT molecular complexity index is 599. The van der Waals surface area contributed by atoms with Gasteiger partial charge in [0.15, 0.2) is 5.37 Å². The molecule has 0 saturated carbocycles. The minimum absolute atomic E-state index is 0.139. The van der Waals surface area contributed by atoms with E-state index in [4.69, 9.17) is 9.47 Å². The summed E-state index contributed by atoms with van der Waals surface area (Å²) in [6, 6.07) is 6.11. The van der Waals surface area contributed by atoms with Crippen molar-refractivity contribution in [3.63, 3.8) is 0 Å². The molecule has 1 unspecified atom stereocenters. The third kappa shape index (κ3) is 3.33. The SMILES string of the molecule is COC(=O)C1SCCCN1S(=O)(=O)c1ccc(OC)cc1. The van der Waals surface area contributed by atoms with Crippen molar-refractivity contribution in [2.75, 3.05) is 26.5 Å². The summed E-state index contributed by atoms with van der Waals surface area (Å²) in [6.45, 7) is 0.307. The summed E-state index contributed by atoms with van der Waals surface area (Å²) in [5.74, 6) is 0.761. The first-order valence-electron chi connectivity index (χ1n) is 6.36. The molecule has 116 valence electrons. The average molecular weight is 331 g/mol. The molecule has 0 aromatic heterocycles. The lowest BCUT2D eigenvalue weighted by atomic mass is 10.3. The molecule has 1 saturated heterocycles. The Morgan fingerprint density at radius 3 is 2.52 bits per heavy atom. The molecule has 2 rings (SSSR count). The normalized spacial score (nSPS) is 20.0. The van der Waals surface area contributed by atoms with Gasteiger partial charge >= 0.3 is 5.97 Å². The standard InChI is InChI=1S/C13H17NO5S2/c1-18-10-4-6-11(7-5-10)21(16,17)14-8-3-9-20-12(14)13(15)19-2/h4-7,12H,3,8-9H2,1-2H3. The van der Waals surface area contributed by atoms with Crippen LogP contribution in [0.2, 0.25) is 0 Å². The minimum Gasteiger partial charge on any atom is -0.497 e. The van der Waals surface area contributed by atoms with Crippen LogP contribution in [0, 0.1) is 0 Å². The van der Waals surface area contributed by atoms with E-state index in [1.165, 1.54) is 42.4 Å². The number of carbonyl (C=O) groups excluding carboxylic acids is 1. The summed E-state index contributed by atoms with van der Waals surface area (Å²) in [4.78, 5) is 11.9. The molecule has 1 aromatic rings. The maximum absolute atomic E-state index is 12.7. The Labute approximate surface area is 128 Å². The Morgan fingerprint density at radius 2 is 1.95 bits per heavy atom. The molecular weight excluding hydrogens is 314 g/mol. The van der Waals surface area contributed by atoms with Gasteiger partial charge in [0.05, 0.1) is 19.1 Å². The fourth-order valence-electron chi connectivity index (χ4n) is 2.03. The smallest absolute Gasteiger partial charge is 0.334 e. The second-order valence-corrected chi connectivity index (χ2v) is 7.47. The average Bonchev–Trinajstić information content (AvgIpc) is 2.54. The van der Waals surface area contributed by atoms with E-state index in [-0.39, 0.29) is 4.90 Å². The zero-order valence-electron chi connectivity index (χ0n) is 11.8. The number of hydrogen-bond donors (Lipinski definition) is 0. The first-order valence-corrected chi connectivity index (χ1v) is 8.85. The summed E-state index contributed by atoms with van der Waals surface area (Å²) >= 11 is 1.28. The van der Waals surface area contributed by atoms with Crippen molar-refractivity contribution >= 4 is 27.8 Å². The zero-order valence-corrected chi connectivity index (χ0v) is 13.4. The predicted molar refractivity (Wildman–Crippen MR) is 79.8 cm³/mol. The van der Waals surface area contributed by atoms with Crippen LogP contribution in [-0.2, 0) is 19.6 Å². The highest BCUT2D eigenvalue weighted by atomic mass is 32.2. The van der Waals surface area contributed by atoms with Crippen molar-refractivity contribution in [3.05, 3.63) is 24.3 Å². The maximum Gasteiger partial charge on any atom is 0.334 e. The second kappa shape index (κ2) is 6.67. The highest BCUT2D eigenvalue weighted by Gasteiger charge is 2.38. The fraction of sp³-hybridized carbons (Fsp3) is 0.462. The van der Waals surface area contributed by atoms with Crippen molar-refractivity contribution in [3.8, 4) is 5.75 Å². The quantitative estimate of drug-likeness (QED) is 0.775. The van der Waals surface area contributed by atoms with Crippen molar-refractivity contribution in [2.45, 2.75) is 16.7 Å². The van der Waals surface area contributed by atoms with E-state index in [1.807, 2.05) is 0 Å². The minimum atomic E-state index is -3.74. The van der Waals surface area contributed by atoms with Crippen molar-refractivity contribution in [1.82, 2.24) is 4.31 Å². The topological polar surface area (TPSA) is 72.9 Å². The van der Waals surface area contributed by atoms with Crippen molar-refractivity contribution < 1.29 is 22.7 Å². The molecule has 1 aliphatic heterocycles. The lowest BCUT2D eigenvalue weighted by Crippen LogP contribution is -2.46. The van der Waals surface area contributed by atoms with Gasteiger partial charge < -0.3 is 9.47 Å². The van der Waals surface area contributed by atoms with Gasteiger partial charge in [-0.3, -0.25) is 0 Å². The van der Waals surface area contributed by atoms with E-state index >= 15 is 0 Å². The lowest BCUT2D eigenvalue weighted by molar-refractivity contribution is -0.142. The number of nitrogens with zero attached hydrogens (tertiary/aromatic N) is 1. The second-order valence-electron chi connectivity index (χ2n) is 4.39. The summed E-state index contributed by atoms with van der Waals surface area (Å²) in [7, 11) is -0.964. The van der Waals surface area contributed by atoms with Crippen LogP contribution in [0.1, 0.15) is 6.42 Å². The number of benzene rings is 1. The molecule has 1 heterocycles. The van der Waals surface area contributed by atoms with E-state index in [0.29, 0.717) is 18.7 Å². The summed E-state index contributed by atoms with van der Waals surface area (Å²) in [6.07, 6.45) is 0.702. The molecule has 0 spiro atoms. The molecule has 1 aliphatic rings. The van der Waals surface area contributed by atoms with Gasteiger partial charge in [-0.2, -0.15) is 4.31 Å². The third-order valence-electron chi connectivity index (χ3n) is 3.13. The molecule has 0 aliphatic carbocycles. The number of rotatable bonds is 4. The van der Waals surface area contributed by atoms with Crippen LogP contribution in [0.25, 0.3) is 0 Å². The molecule has 21 heavy (non-hydrogen) atoms. The van der Waals surface area contributed by atoms with Gasteiger partial charge in [-0.1, -0.05) is 0 Å². The van der Waals surface area contributed by atoms with E-state index in [0.717, 1.165) is 5.75 Å². The first-order chi connectivity index (χ1) is 10.0. The number of thioether (sulfide) groups is 1. The summed E-state index contributed by atoms with van der Waals surface area (Å²) in [5.41, 5.74) is 0. The molecule has 0 N–H and O–H groups in total. The van der Waals surface area contributed by atoms with Gasteiger partial charge in [-0.25, -0.2) is 13.2 Å². The van der Waals surface area contributed by atoms with Crippen LogP contribution < -0.4 is 4.74 Å². The Morgan fingerprint density at radius 1 is 1.29 bits per heavy atom. The third-order valence-corrected chi connectivity index (χ3v) is 6.43. The van der Waals surface area contributed by atoms with E-state index in [9.17, 15) is 13.2 Å². The largest absolute Gasteiger partial charge is 0.497 e. The van der Waals surface area contributed by atoms with E-state index < -0.39 is 21.4 Å². The number of ether oxygens (including phenoxy) is 2. The number of hydrogen-bond acceptors (Lipinski definition) is 6. The van der Waals surface area contributed by atoms with Gasteiger partial charge in [0.25, 0.3) is 0 Å². The van der Waals surface area contributed by atoms with Crippen LogP contribution >= 0.6 is 11.8 Å². The number of sulfonamides is 1. The number of carbonyl (C=O) groups is 1. The fourth-order valence-corrected chi connectivity index (χ4v) is 5.04. The molecular formula is C13H17NO5S2. The van der Waals surface area contributed by atoms with Crippen LogP contribution in [0.4, 0.5) is 0 Å². The van der Waals surface area contributed by atoms with Crippen LogP contribution in [0.3, 0.4) is 0 Å². The lowest BCUT2D eigenvalue weighted by Gasteiger charge is -2.32. The van der Waals surface area contributed by atoms with Gasteiger partial charge in [0.2, 0.25) is 10.0 Å². The molecule has 0 radical (unpaired) electrons. The maximum atomic E-state index is 12.7. The summed E-state index contributed by atoms with van der Waals surface area (Å²) in [5, 5.41) is -0.823. The van der Waals surface area contributed by atoms with Crippen molar-refractivity contribution in [1.29, 1.82) is 0 Å². The summed E-state index contributed by atoms with van der Waals surface area (Å²) < 4.78 is 36.3. The molecule has 0 bridgehead atoms. The van der Waals surface area contributed by atoms with Gasteiger partial charge in [0, 0.05) is 6.54 Å². The Balaban J connectivity index is 2.33. The molecule has 8 heteroatoms. The number of esters is 1. The van der Waals surface area contributed by atoms with Gasteiger partial charge in [-0.05, 0) is 36.4 Å². The Hall–Kier alpha value is -1.25. The van der Waals surface area contributed by atoms with Crippen LogP contribution in [-0.4, -0.2) is 50.6 Å². The van der Waals surface area contributed by atoms with Gasteiger partial charge in [-0.15, -0.1) is 11.8 Å². The predicted octanol–water partition coefficient (Wildman–Crippen LogP) is 1.32.